The first kappa shape index (κ1) is 13.5. The smallest absolute Gasteiger partial charge is 0.260 e. The van der Waals surface area contributed by atoms with Crippen molar-refractivity contribution in [2.45, 2.75) is 13.3 Å². The molecule has 0 amide bonds. The lowest BCUT2D eigenvalue weighted by Crippen LogP contribution is -1.90. The molecular weight excluding hydrogens is 266 g/mol. The van der Waals surface area contributed by atoms with Crippen LogP contribution in [0.4, 0.5) is 0 Å². The Morgan fingerprint density at radius 3 is 2.67 bits per heavy atom. The van der Waals surface area contributed by atoms with E-state index in [1.807, 2.05) is 37.3 Å². The number of aliphatic hydroxyl groups excluding tert-OH is 1. The highest BCUT2D eigenvalue weighted by Gasteiger charge is 2.12. The molecule has 3 aromatic rings. The summed E-state index contributed by atoms with van der Waals surface area (Å²) in [5.74, 6) is 1.01. The molecule has 2 heterocycles. The summed E-state index contributed by atoms with van der Waals surface area (Å²) >= 11 is 0. The fourth-order valence-electron chi connectivity index (χ4n) is 2.09. The summed E-state index contributed by atoms with van der Waals surface area (Å²) in [6.45, 7) is 2.12. The van der Waals surface area contributed by atoms with Gasteiger partial charge in [-0.2, -0.15) is 4.98 Å². The van der Waals surface area contributed by atoms with E-state index in [0.29, 0.717) is 18.1 Å². The first-order valence-electron chi connectivity index (χ1n) is 6.73. The van der Waals surface area contributed by atoms with Gasteiger partial charge < -0.3 is 9.63 Å². The molecule has 0 atom stereocenters. The maximum atomic E-state index is 8.92. The molecule has 0 aliphatic carbocycles. The lowest BCUT2D eigenvalue weighted by Gasteiger charge is -1.99. The second kappa shape index (κ2) is 5.85. The number of hydrogen-bond acceptors (Lipinski definition) is 5. The van der Waals surface area contributed by atoms with Gasteiger partial charge >= 0.3 is 0 Å². The van der Waals surface area contributed by atoms with E-state index in [1.54, 1.807) is 12.4 Å². The summed E-state index contributed by atoms with van der Waals surface area (Å²) in [4.78, 5) is 8.50. The first-order valence-corrected chi connectivity index (χ1v) is 6.73. The summed E-state index contributed by atoms with van der Waals surface area (Å²) in [5, 5.41) is 12.9. The Hall–Kier alpha value is -2.53. The van der Waals surface area contributed by atoms with E-state index in [1.165, 1.54) is 0 Å². The molecule has 0 spiro atoms. The van der Waals surface area contributed by atoms with Crippen molar-refractivity contribution in [3.63, 3.8) is 0 Å². The van der Waals surface area contributed by atoms with Crippen molar-refractivity contribution in [1.29, 1.82) is 0 Å². The van der Waals surface area contributed by atoms with Gasteiger partial charge in [-0.3, -0.25) is 4.98 Å². The van der Waals surface area contributed by atoms with Crippen molar-refractivity contribution in [2.75, 3.05) is 6.61 Å². The molecule has 0 radical (unpaired) electrons. The topological polar surface area (TPSA) is 72.0 Å². The molecule has 0 aliphatic heterocycles. The molecule has 0 aliphatic rings. The lowest BCUT2D eigenvalue weighted by molar-refractivity contribution is 0.299. The maximum absolute atomic E-state index is 8.92. The van der Waals surface area contributed by atoms with Crippen molar-refractivity contribution < 1.29 is 9.63 Å². The van der Waals surface area contributed by atoms with E-state index < -0.39 is 0 Å². The van der Waals surface area contributed by atoms with Crippen molar-refractivity contribution in [2.24, 2.45) is 0 Å². The molecule has 3 rings (SSSR count). The molecule has 5 nitrogen and oxygen atoms in total. The largest absolute Gasteiger partial charge is 0.396 e. The van der Waals surface area contributed by atoms with Gasteiger partial charge in [-0.1, -0.05) is 29.4 Å². The van der Waals surface area contributed by atoms with Crippen molar-refractivity contribution >= 4 is 0 Å². The number of benzene rings is 1. The quantitative estimate of drug-likeness (QED) is 0.796. The minimum atomic E-state index is 0.145. The average Bonchev–Trinajstić information content (AvgIpc) is 2.98. The van der Waals surface area contributed by atoms with Crippen LogP contribution in [-0.2, 0) is 6.42 Å². The second-order valence-corrected chi connectivity index (χ2v) is 4.78. The zero-order valence-corrected chi connectivity index (χ0v) is 11.7. The van der Waals surface area contributed by atoms with Gasteiger partial charge in [0.1, 0.15) is 0 Å². The van der Waals surface area contributed by atoms with Crippen LogP contribution in [0.5, 0.6) is 0 Å². The zero-order chi connectivity index (χ0) is 14.7. The van der Waals surface area contributed by atoms with Crippen LogP contribution in [0.1, 0.15) is 11.1 Å². The monoisotopic (exact) mass is 281 g/mol. The molecule has 1 aromatic carbocycles. The Morgan fingerprint density at radius 2 is 1.95 bits per heavy atom. The molecule has 0 fully saturated rings. The Balaban J connectivity index is 1.89. The van der Waals surface area contributed by atoms with E-state index in [4.69, 9.17) is 9.63 Å². The number of aromatic nitrogens is 3. The van der Waals surface area contributed by atoms with Crippen molar-refractivity contribution in [3.8, 4) is 22.8 Å². The van der Waals surface area contributed by atoms with Gasteiger partial charge in [0.25, 0.3) is 5.89 Å². The average molecular weight is 281 g/mol. The first-order chi connectivity index (χ1) is 10.3. The lowest BCUT2D eigenvalue weighted by atomic mass is 10.1. The van der Waals surface area contributed by atoms with Gasteiger partial charge in [-0.15, -0.1) is 0 Å². The Bertz CT molecular complexity index is 735. The minimum absolute atomic E-state index is 0.145. The molecule has 21 heavy (non-hydrogen) atoms. The minimum Gasteiger partial charge on any atom is -0.396 e. The standard InChI is InChI=1S/C16H15N3O2/c1-11-6-8-17-10-14(11)16-18-15(19-21-16)13-4-2-12(3-5-13)7-9-20/h2-6,8,10,20H,7,9H2,1H3. The highest BCUT2D eigenvalue weighted by atomic mass is 16.5. The predicted octanol–water partition coefficient (Wildman–Crippen LogP) is 2.64. The van der Waals surface area contributed by atoms with Crippen LogP contribution in [0.2, 0.25) is 0 Å². The maximum Gasteiger partial charge on any atom is 0.260 e. The molecule has 0 saturated heterocycles. The number of pyridine rings is 1. The van der Waals surface area contributed by atoms with Crippen LogP contribution < -0.4 is 0 Å². The van der Waals surface area contributed by atoms with Crippen LogP contribution in [0.3, 0.4) is 0 Å². The normalized spacial score (nSPS) is 10.8. The van der Waals surface area contributed by atoms with E-state index >= 15 is 0 Å². The number of rotatable bonds is 4. The summed E-state index contributed by atoms with van der Waals surface area (Å²) in [6, 6.07) is 9.67. The van der Waals surface area contributed by atoms with Crippen molar-refractivity contribution in [1.82, 2.24) is 15.1 Å². The summed E-state index contributed by atoms with van der Waals surface area (Å²) < 4.78 is 5.32. The van der Waals surface area contributed by atoms with Crippen molar-refractivity contribution in [3.05, 3.63) is 53.9 Å². The summed E-state index contributed by atoms with van der Waals surface area (Å²) in [6.07, 6.45) is 4.10. The Labute approximate surface area is 122 Å². The molecule has 2 aromatic heterocycles. The van der Waals surface area contributed by atoms with E-state index in [-0.39, 0.29) is 6.61 Å². The van der Waals surface area contributed by atoms with Gasteiger partial charge in [0.2, 0.25) is 5.82 Å². The summed E-state index contributed by atoms with van der Waals surface area (Å²) in [7, 11) is 0. The molecule has 0 saturated carbocycles. The van der Waals surface area contributed by atoms with Gasteiger partial charge in [-0.05, 0) is 30.5 Å². The van der Waals surface area contributed by atoms with Crippen LogP contribution in [0.15, 0.2) is 47.2 Å². The number of nitrogens with zero attached hydrogens (tertiary/aromatic N) is 3. The van der Waals surface area contributed by atoms with E-state index in [2.05, 4.69) is 15.1 Å². The molecule has 0 unspecified atom stereocenters. The second-order valence-electron chi connectivity index (χ2n) is 4.78. The number of aryl methyl sites for hydroxylation is 1. The van der Waals surface area contributed by atoms with Crippen LogP contribution in [0.25, 0.3) is 22.8 Å². The fourth-order valence-corrected chi connectivity index (χ4v) is 2.09. The van der Waals surface area contributed by atoms with Crippen LogP contribution >= 0.6 is 0 Å². The van der Waals surface area contributed by atoms with Gasteiger partial charge in [0, 0.05) is 24.6 Å². The van der Waals surface area contributed by atoms with Crippen LogP contribution in [-0.4, -0.2) is 26.8 Å². The molecule has 1 N–H and O–H groups in total. The van der Waals surface area contributed by atoms with Gasteiger partial charge in [0.15, 0.2) is 0 Å². The highest BCUT2D eigenvalue weighted by Crippen LogP contribution is 2.24. The number of hydrogen-bond donors (Lipinski definition) is 1. The predicted molar refractivity (Wildman–Crippen MR) is 78.5 cm³/mol. The Kier molecular flexibility index (Phi) is 3.75. The third kappa shape index (κ3) is 2.83. The highest BCUT2D eigenvalue weighted by molar-refractivity contribution is 5.61. The molecular formula is C16H15N3O2. The van der Waals surface area contributed by atoms with Gasteiger partial charge in [0.05, 0.1) is 5.56 Å². The molecule has 0 bridgehead atoms. The Morgan fingerprint density at radius 1 is 1.14 bits per heavy atom. The van der Waals surface area contributed by atoms with Gasteiger partial charge in [-0.25, -0.2) is 0 Å². The molecule has 106 valence electrons. The fraction of sp³-hybridized carbons (Fsp3) is 0.188. The van der Waals surface area contributed by atoms with Crippen LogP contribution in [0, 0.1) is 6.92 Å². The third-order valence-electron chi connectivity index (χ3n) is 3.31. The SMILES string of the molecule is Cc1ccncc1-c1nc(-c2ccc(CCO)cc2)no1. The van der Waals surface area contributed by atoms with E-state index in [9.17, 15) is 0 Å². The van der Waals surface area contributed by atoms with E-state index in [0.717, 1.165) is 22.3 Å². The third-order valence-corrected chi connectivity index (χ3v) is 3.31. The molecule has 5 heteroatoms. The zero-order valence-electron chi connectivity index (χ0n) is 11.7. The number of aliphatic hydroxyl groups is 1. The summed E-state index contributed by atoms with van der Waals surface area (Å²) in [5.41, 5.74) is 3.84.